The number of aliphatic hydroxyl groups excluding tert-OH is 2. The lowest BCUT2D eigenvalue weighted by Crippen LogP contribution is -2.67. The van der Waals surface area contributed by atoms with Crippen molar-refractivity contribution in [1.82, 2.24) is 0 Å². The Morgan fingerprint density at radius 3 is 2.19 bits per heavy atom. The maximum atomic E-state index is 10.9. The molecule has 0 aliphatic heterocycles. The van der Waals surface area contributed by atoms with Gasteiger partial charge in [0.05, 0.1) is 12.7 Å². The summed E-state index contributed by atoms with van der Waals surface area (Å²) in [7, 11) is 0. The molecule has 11 atom stereocenters. The summed E-state index contributed by atoms with van der Waals surface area (Å²) in [6.07, 6.45) is 12.3. The fourth-order valence-corrected chi connectivity index (χ4v) is 11.5. The lowest BCUT2D eigenvalue weighted by molar-refractivity contribution is -0.253. The zero-order valence-corrected chi connectivity index (χ0v) is 21.8. The van der Waals surface area contributed by atoms with E-state index in [-0.39, 0.29) is 23.5 Å². The summed E-state index contributed by atoms with van der Waals surface area (Å²) in [4.78, 5) is 0. The fraction of sp³-hybridized carbons (Fsp3) is 0.933. The first-order valence-corrected chi connectivity index (χ1v) is 13.8. The van der Waals surface area contributed by atoms with Crippen molar-refractivity contribution in [3.05, 3.63) is 12.2 Å². The Morgan fingerprint density at radius 2 is 1.53 bits per heavy atom. The van der Waals surface area contributed by atoms with Gasteiger partial charge in [0, 0.05) is 5.41 Å². The normalized spacial score (nSPS) is 59.5. The van der Waals surface area contributed by atoms with E-state index in [1.807, 2.05) is 0 Å². The maximum Gasteiger partial charge on any atom is 0.0618 e. The molecule has 32 heavy (non-hydrogen) atoms. The first-order valence-electron chi connectivity index (χ1n) is 13.8. The summed E-state index contributed by atoms with van der Waals surface area (Å²) in [6.45, 7) is 19.6. The van der Waals surface area contributed by atoms with Crippen molar-refractivity contribution >= 4 is 0 Å². The molecule has 2 N–H and O–H groups in total. The van der Waals surface area contributed by atoms with E-state index in [1.165, 1.54) is 56.9 Å². The summed E-state index contributed by atoms with van der Waals surface area (Å²) < 4.78 is 0. The minimum atomic E-state index is -0.355. The second-order valence-corrected chi connectivity index (χ2v) is 14.6. The largest absolute Gasteiger partial charge is 0.396 e. The highest BCUT2D eigenvalue weighted by molar-refractivity contribution is 5.21. The monoisotopic (exact) mass is 442 g/mol. The molecule has 0 heterocycles. The van der Waals surface area contributed by atoms with E-state index in [4.69, 9.17) is 0 Å². The standard InChI is InChI=1S/C30H50O2/c1-19(2)20-10-13-26(3)16-17-29(6)21(25(20)26)8-9-23-27(4)14-12-24(32)28(5,18-31)22(27)11-15-30(23,29)7/h20-25,31-32H,1,8-18H2,2-7H3/t20-,21+,22+,23+,24+,25+,26+,27-,28?,29+,30+/m0/s1. The summed E-state index contributed by atoms with van der Waals surface area (Å²) in [5, 5.41) is 21.3. The van der Waals surface area contributed by atoms with E-state index >= 15 is 0 Å². The molecule has 0 saturated heterocycles. The van der Waals surface area contributed by atoms with Gasteiger partial charge in [-0.2, -0.15) is 0 Å². The second-order valence-electron chi connectivity index (χ2n) is 14.6. The van der Waals surface area contributed by atoms with Crippen LogP contribution in [0.4, 0.5) is 0 Å². The van der Waals surface area contributed by atoms with Crippen LogP contribution in [-0.2, 0) is 0 Å². The van der Waals surface area contributed by atoms with Crippen LogP contribution in [0.5, 0.6) is 0 Å². The van der Waals surface area contributed by atoms with Crippen LogP contribution in [0.2, 0.25) is 0 Å². The van der Waals surface area contributed by atoms with Crippen LogP contribution < -0.4 is 0 Å². The van der Waals surface area contributed by atoms with Gasteiger partial charge in [-0.05, 0) is 122 Å². The van der Waals surface area contributed by atoms with Crippen molar-refractivity contribution in [2.45, 2.75) is 112 Å². The van der Waals surface area contributed by atoms with Gasteiger partial charge >= 0.3 is 0 Å². The van der Waals surface area contributed by atoms with Gasteiger partial charge in [0.2, 0.25) is 0 Å². The summed E-state index contributed by atoms with van der Waals surface area (Å²) in [5.41, 5.74) is 2.62. The Kier molecular flexibility index (Phi) is 5.19. The zero-order valence-electron chi connectivity index (χ0n) is 21.8. The van der Waals surface area contributed by atoms with Gasteiger partial charge in [-0.1, -0.05) is 46.8 Å². The van der Waals surface area contributed by atoms with E-state index in [0.717, 1.165) is 30.6 Å². The van der Waals surface area contributed by atoms with Crippen molar-refractivity contribution in [3.8, 4) is 0 Å². The average Bonchev–Trinajstić information content (AvgIpc) is 3.09. The first kappa shape index (κ1) is 23.4. The number of fused-ring (bicyclic) bond motifs is 7. The molecule has 0 aromatic heterocycles. The van der Waals surface area contributed by atoms with Crippen molar-refractivity contribution in [2.24, 2.45) is 56.7 Å². The molecule has 5 aliphatic rings. The molecular formula is C30H50O2. The Hall–Kier alpha value is -0.340. The number of allylic oxidation sites excluding steroid dienone is 1. The predicted molar refractivity (Wildman–Crippen MR) is 132 cm³/mol. The van der Waals surface area contributed by atoms with Gasteiger partial charge in [0.25, 0.3) is 0 Å². The molecule has 5 aliphatic carbocycles. The molecule has 0 aromatic rings. The van der Waals surface area contributed by atoms with Crippen LogP contribution in [0, 0.1) is 56.7 Å². The molecule has 0 spiro atoms. The lowest BCUT2D eigenvalue weighted by atomic mass is 9.32. The van der Waals surface area contributed by atoms with Crippen LogP contribution in [0.15, 0.2) is 12.2 Å². The molecule has 5 fully saturated rings. The molecule has 2 heteroatoms. The highest BCUT2D eigenvalue weighted by atomic mass is 16.3. The number of hydrogen-bond donors (Lipinski definition) is 2. The zero-order chi connectivity index (χ0) is 23.3. The lowest BCUT2D eigenvalue weighted by Gasteiger charge is -2.73. The quantitative estimate of drug-likeness (QED) is 0.452. The summed E-state index contributed by atoms with van der Waals surface area (Å²) in [5.74, 6) is 3.51. The van der Waals surface area contributed by atoms with E-state index in [0.29, 0.717) is 28.1 Å². The van der Waals surface area contributed by atoms with E-state index in [2.05, 4.69) is 48.1 Å². The molecular weight excluding hydrogens is 392 g/mol. The smallest absolute Gasteiger partial charge is 0.0618 e. The van der Waals surface area contributed by atoms with Crippen molar-refractivity contribution in [1.29, 1.82) is 0 Å². The third kappa shape index (κ3) is 2.66. The second kappa shape index (κ2) is 7.09. The number of rotatable bonds is 2. The molecule has 0 radical (unpaired) electrons. The van der Waals surface area contributed by atoms with Crippen molar-refractivity contribution < 1.29 is 10.2 Å². The molecule has 2 nitrogen and oxygen atoms in total. The van der Waals surface area contributed by atoms with Crippen molar-refractivity contribution in [2.75, 3.05) is 6.61 Å². The van der Waals surface area contributed by atoms with Gasteiger partial charge in [-0.3, -0.25) is 0 Å². The summed E-state index contributed by atoms with van der Waals surface area (Å²) >= 11 is 0. The van der Waals surface area contributed by atoms with E-state index in [9.17, 15) is 10.2 Å². The van der Waals surface area contributed by atoms with Gasteiger partial charge in [0.15, 0.2) is 0 Å². The number of aliphatic hydroxyl groups is 2. The van der Waals surface area contributed by atoms with Gasteiger partial charge in [-0.25, -0.2) is 0 Å². The Morgan fingerprint density at radius 1 is 0.812 bits per heavy atom. The van der Waals surface area contributed by atoms with Crippen LogP contribution in [0.3, 0.4) is 0 Å². The van der Waals surface area contributed by atoms with E-state index < -0.39 is 0 Å². The minimum Gasteiger partial charge on any atom is -0.396 e. The average molecular weight is 443 g/mol. The van der Waals surface area contributed by atoms with Crippen LogP contribution in [-0.4, -0.2) is 22.9 Å². The molecule has 0 bridgehead atoms. The minimum absolute atomic E-state index is 0.123. The predicted octanol–water partition coefficient (Wildman–Crippen LogP) is 7.00. The van der Waals surface area contributed by atoms with E-state index in [1.54, 1.807) is 0 Å². The van der Waals surface area contributed by atoms with Crippen molar-refractivity contribution in [3.63, 3.8) is 0 Å². The highest BCUT2D eigenvalue weighted by Crippen LogP contribution is 2.77. The first-order chi connectivity index (χ1) is 14.9. The Bertz CT molecular complexity index is 790. The maximum absolute atomic E-state index is 10.9. The third-order valence-corrected chi connectivity index (χ3v) is 13.6. The molecule has 1 unspecified atom stereocenters. The topological polar surface area (TPSA) is 40.5 Å². The van der Waals surface area contributed by atoms with Crippen LogP contribution in [0.1, 0.15) is 106 Å². The van der Waals surface area contributed by atoms with Crippen LogP contribution >= 0.6 is 0 Å². The molecule has 5 rings (SSSR count). The Balaban J connectivity index is 1.54. The molecule has 5 saturated carbocycles. The van der Waals surface area contributed by atoms with Gasteiger partial charge in [-0.15, -0.1) is 0 Å². The highest BCUT2D eigenvalue weighted by Gasteiger charge is 2.70. The Labute approximate surface area is 197 Å². The third-order valence-electron chi connectivity index (χ3n) is 13.6. The number of hydrogen-bond acceptors (Lipinski definition) is 2. The fourth-order valence-electron chi connectivity index (χ4n) is 11.5. The molecule has 0 amide bonds. The van der Waals surface area contributed by atoms with Gasteiger partial charge in [0.1, 0.15) is 0 Å². The molecule has 0 aromatic carbocycles. The van der Waals surface area contributed by atoms with Crippen LogP contribution in [0.25, 0.3) is 0 Å². The summed E-state index contributed by atoms with van der Waals surface area (Å²) in [6, 6.07) is 0. The molecule has 182 valence electrons. The van der Waals surface area contributed by atoms with Gasteiger partial charge < -0.3 is 10.2 Å². The SMILES string of the molecule is C=C(C)[C@@H]1CC[C@]2(C)CC[C@]3(C)[C@H](CC[C@@H]4[C@@]5(C)CC[C@@H](O)C(C)(CO)[C@@H]5CC[C@]43C)[C@@H]12.